The van der Waals surface area contributed by atoms with E-state index in [1.54, 1.807) is 6.08 Å². The van der Waals surface area contributed by atoms with Gasteiger partial charge in [0.1, 0.15) is 13.2 Å². The Kier molecular flexibility index (Phi) is 37.5. The summed E-state index contributed by atoms with van der Waals surface area (Å²) in [5.74, 6) is -0.221. The number of nitrogens with one attached hydrogen (secondary N) is 1. The van der Waals surface area contributed by atoms with E-state index in [9.17, 15) is 19.4 Å². The average molecular weight is 807 g/mol. The first-order valence-electron chi connectivity index (χ1n) is 22.6. The summed E-state index contributed by atoms with van der Waals surface area (Å²) in [5, 5.41) is 13.7. The van der Waals surface area contributed by atoms with Crippen LogP contribution < -0.4 is 10.2 Å². The third-order valence-electron chi connectivity index (χ3n) is 9.77. The number of phosphoric ester groups is 1. The Labute approximate surface area is 345 Å². The molecule has 0 saturated carbocycles. The number of aliphatic hydroxyl groups excluding tert-OH is 1. The Morgan fingerprint density at radius 2 is 1.12 bits per heavy atom. The molecule has 0 heterocycles. The van der Waals surface area contributed by atoms with Crippen molar-refractivity contribution in [1.29, 1.82) is 0 Å². The predicted molar refractivity (Wildman–Crippen MR) is 237 cm³/mol. The number of carbonyl (C=O) groups excluding carboxylic acids is 1. The Bertz CT molecular complexity index is 1100. The van der Waals surface area contributed by atoms with Crippen molar-refractivity contribution in [3.8, 4) is 0 Å². The molecule has 0 aromatic carbocycles. The van der Waals surface area contributed by atoms with Gasteiger partial charge in [-0.25, -0.2) is 0 Å². The fraction of sp³-hybridized carbons (Fsp3) is 0.766. The van der Waals surface area contributed by atoms with E-state index in [1.165, 1.54) is 109 Å². The molecule has 0 saturated heterocycles. The van der Waals surface area contributed by atoms with E-state index in [1.807, 2.05) is 40.2 Å². The molecule has 8 nitrogen and oxygen atoms in total. The van der Waals surface area contributed by atoms with Crippen molar-refractivity contribution < 1.29 is 32.9 Å². The zero-order chi connectivity index (χ0) is 41.4. The van der Waals surface area contributed by atoms with Gasteiger partial charge in [0.2, 0.25) is 5.91 Å². The van der Waals surface area contributed by atoms with Crippen LogP contribution in [0.3, 0.4) is 0 Å². The molecule has 0 aromatic rings. The summed E-state index contributed by atoms with van der Waals surface area (Å²) in [6.07, 6.45) is 50.2. The van der Waals surface area contributed by atoms with E-state index in [4.69, 9.17) is 9.05 Å². The molecule has 0 bridgehead atoms. The summed E-state index contributed by atoms with van der Waals surface area (Å²) in [6.45, 7) is 4.36. The molecule has 0 aliphatic heterocycles. The molecule has 2 N–H and O–H groups in total. The molecule has 56 heavy (non-hydrogen) atoms. The summed E-state index contributed by atoms with van der Waals surface area (Å²) in [4.78, 5) is 25.2. The van der Waals surface area contributed by atoms with Gasteiger partial charge in [0.25, 0.3) is 7.82 Å². The number of rotatable bonds is 40. The van der Waals surface area contributed by atoms with E-state index >= 15 is 0 Å². The predicted octanol–water partition coefficient (Wildman–Crippen LogP) is 12.0. The van der Waals surface area contributed by atoms with E-state index < -0.39 is 26.6 Å². The highest BCUT2D eigenvalue weighted by atomic mass is 31.2. The standard InChI is InChI=1S/C47H87N2O6P/c1-6-8-10-12-14-16-17-18-19-20-21-22-23-24-25-26-27-28-29-30-31-33-35-37-39-41-47(51)48-45(44-55-56(52,53)54-43-42-49(3,4)5)46(50)40-38-36-34-32-15-13-11-9-7-2/h7,9,15,21-22,24-25,32,38,40,45-46,50H,6,8,10-14,16-20,23,26-31,33-37,39,41-44H2,1-5H3,(H-,48,51,52,53)/b9-7+,22-21-,25-24-,32-15+,40-38+. The first kappa shape index (κ1) is 54.2. The Morgan fingerprint density at radius 1 is 0.661 bits per heavy atom. The van der Waals surface area contributed by atoms with Crippen LogP contribution in [0.15, 0.2) is 60.8 Å². The number of aliphatic hydroxyl groups is 1. The third kappa shape index (κ3) is 40.4. The SMILES string of the molecule is C/C=C/CC/C=C/CC/C=C/C(O)C(COP(=O)([O-])OCC[N+](C)(C)C)NC(=O)CCCCCCCCCCC/C=C\C/C=C\CCCCCCCCCCC. The maximum absolute atomic E-state index is 12.8. The van der Waals surface area contributed by atoms with E-state index in [0.29, 0.717) is 17.4 Å². The molecule has 0 fully saturated rings. The van der Waals surface area contributed by atoms with Crippen LogP contribution in [0, 0.1) is 0 Å². The van der Waals surface area contributed by atoms with Crippen molar-refractivity contribution in [2.24, 2.45) is 0 Å². The van der Waals surface area contributed by atoms with Crippen LogP contribution in [0.1, 0.15) is 181 Å². The van der Waals surface area contributed by atoms with Crippen molar-refractivity contribution >= 4 is 13.7 Å². The maximum atomic E-state index is 12.8. The summed E-state index contributed by atoms with van der Waals surface area (Å²) in [6, 6.07) is -0.911. The number of hydrogen-bond acceptors (Lipinski definition) is 6. The van der Waals surface area contributed by atoms with Gasteiger partial charge >= 0.3 is 0 Å². The minimum atomic E-state index is -4.60. The number of likely N-dealkylation sites (N-methyl/N-ethyl adjacent to an activating group) is 1. The van der Waals surface area contributed by atoms with Crippen LogP contribution in [-0.2, 0) is 18.4 Å². The normalized spacial score (nSPS) is 14.9. The van der Waals surface area contributed by atoms with Gasteiger partial charge < -0.3 is 28.8 Å². The molecule has 0 spiro atoms. The summed E-state index contributed by atoms with van der Waals surface area (Å²) in [5.41, 5.74) is 0. The minimum Gasteiger partial charge on any atom is -0.756 e. The number of amides is 1. The van der Waals surface area contributed by atoms with Gasteiger partial charge in [-0.2, -0.15) is 0 Å². The van der Waals surface area contributed by atoms with Gasteiger partial charge in [0.15, 0.2) is 0 Å². The van der Waals surface area contributed by atoms with Gasteiger partial charge in [-0.15, -0.1) is 0 Å². The van der Waals surface area contributed by atoms with Crippen LogP contribution in [-0.4, -0.2) is 68.5 Å². The molecule has 326 valence electrons. The zero-order valence-corrected chi connectivity index (χ0v) is 37.7. The van der Waals surface area contributed by atoms with Gasteiger partial charge in [-0.05, 0) is 71.1 Å². The van der Waals surface area contributed by atoms with Crippen molar-refractivity contribution in [1.82, 2.24) is 5.32 Å². The molecule has 0 aliphatic rings. The lowest BCUT2D eigenvalue weighted by molar-refractivity contribution is -0.870. The summed E-state index contributed by atoms with van der Waals surface area (Å²) in [7, 11) is 1.22. The molecular weight excluding hydrogens is 719 g/mol. The third-order valence-corrected chi connectivity index (χ3v) is 10.7. The first-order valence-corrected chi connectivity index (χ1v) is 24.1. The van der Waals surface area contributed by atoms with Crippen molar-refractivity contribution in [3.05, 3.63) is 60.8 Å². The Balaban J connectivity index is 4.21. The van der Waals surface area contributed by atoms with E-state index in [2.05, 4.69) is 54.8 Å². The smallest absolute Gasteiger partial charge is 0.268 e. The maximum Gasteiger partial charge on any atom is 0.268 e. The lowest BCUT2D eigenvalue weighted by Gasteiger charge is -2.29. The summed E-state index contributed by atoms with van der Waals surface area (Å²) >= 11 is 0. The van der Waals surface area contributed by atoms with E-state index in [0.717, 1.165) is 51.4 Å². The number of quaternary nitrogens is 1. The van der Waals surface area contributed by atoms with E-state index in [-0.39, 0.29) is 12.5 Å². The molecule has 0 rings (SSSR count). The van der Waals surface area contributed by atoms with Crippen molar-refractivity contribution in [3.63, 3.8) is 0 Å². The van der Waals surface area contributed by atoms with Crippen molar-refractivity contribution in [2.45, 2.75) is 193 Å². The molecular formula is C47H87N2O6P. The molecule has 3 unspecified atom stereocenters. The lowest BCUT2D eigenvalue weighted by atomic mass is 10.1. The molecule has 1 amide bonds. The fourth-order valence-corrected chi connectivity index (χ4v) is 6.88. The van der Waals surface area contributed by atoms with Crippen LogP contribution in [0.5, 0.6) is 0 Å². The summed E-state index contributed by atoms with van der Waals surface area (Å²) < 4.78 is 23.1. The highest BCUT2D eigenvalue weighted by molar-refractivity contribution is 7.45. The molecule has 3 atom stereocenters. The highest BCUT2D eigenvalue weighted by Crippen LogP contribution is 2.38. The lowest BCUT2D eigenvalue weighted by Crippen LogP contribution is -2.45. The van der Waals surface area contributed by atoms with Gasteiger partial charge in [0.05, 0.1) is 39.9 Å². The van der Waals surface area contributed by atoms with Crippen LogP contribution in [0.4, 0.5) is 0 Å². The van der Waals surface area contributed by atoms with Crippen LogP contribution in [0.25, 0.3) is 0 Å². The number of unbranched alkanes of at least 4 members (excludes halogenated alkanes) is 20. The molecule has 9 heteroatoms. The molecule has 0 aromatic heterocycles. The van der Waals surface area contributed by atoms with Gasteiger partial charge in [-0.3, -0.25) is 9.36 Å². The number of carbonyl (C=O) groups is 1. The average Bonchev–Trinajstić information content (AvgIpc) is 3.15. The molecule has 0 aliphatic carbocycles. The van der Waals surface area contributed by atoms with Gasteiger partial charge in [-0.1, -0.05) is 164 Å². The Morgan fingerprint density at radius 3 is 1.64 bits per heavy atom. The van der Waals surface area contributed by atoms with Gasteiger partial charge in [0, 0.05) is 6.42 Å². The molecule has 0 radical (unpaired) electrons. The first-order chi connectivity index (χ1) is 27.0. The van der Waals surface area contributed by atoms with Crippen LogP contribution in [0.2, 0.25) is 0 Å². The second-order valence-electron chi connectivity index (χ2n) is 16.4. The quantitative estimate of drug-likeness (QED) is 0.0276. The van der Waals surface area contributed by atoms with Crippen LogP contribution >= 0.6 is 7.82 Å². The number of nitrogens with zero attached hydrogens (tertiary/aromatic N) is 1. The van der Waals surface area contributed by atoms with Crippen molar-refractivity contribution in [2.75, 3.05) is 40.9 Å². The number of phosphoric acid groups is 1. The zero-order valence-electron chi connectivity index (χ0n) is 36.8. The monoisotopic (exact) mass is 807 g/mol. The second kappa shape index (κ2) is 38.7. The minimum absolute atomic E-state index is 0.0125. The largest absolute Gasteiger partial charge is 0.756 e. The number of hydrogen-bond donors (Lipinski definition) is 2. The highest BCUT2D eigenvalue weighted by Gasteiger charge is 2.23. The fourth-order valence-electron chi connectivity index (χ4n) is 6.16. The Hall–Kier alpha value is -1.80. The number of allylic oxidation sites excluding steroid dienone is 9. The second-order valence-corrected chi connectivity index (χ2v) is 17.8. The topological polar surface area (TPSA) is 108 Å².